The maximum absolute atomic E-state index is 11.5. The zero-order valence-corrected chi connectivity index (χ0v) is 16.0. The van der Waals surface area contributed by atoms with Gasteiger partial charge in [-0.05, 0) is 61.6 Å². The highest BCUT2D eigenvalue weighted by Gasteiger charge is 2.19. The fourth-order valence-corrected chi connectivity index (χ4v) is 4.04. The molecule has 4 rings (SSSR count). The van der Waals surface area contributed by atoms with Crippen LogP contribution in [0.15, 0.2) is 42.5 Å². The van der Waals surface area contributed by atoms with Gasteiger partial charge in [-0.25, -0.2) is 0 Å². The van der Waals surface area contributed by atoms with Crippen LogP contribution >= 0.6 is 0 Å². The molecule has 1 aliphatic carbocycles. The Bertz CT molecular complexity index is 985. The number of aromatic nitrogens is 1. The lowest BCUT2D eigenvalue weighted by molar-refractivity contribution is -0.136. The van der Waals surface area contributed by atoms with E-state index in [1.165, 1.54) is 19.3 Å². The van der Waals surface area contributed by atoms with Crippen LogP contribution in [0.4, 0.5) is 0 Å². The van der Waals surface area contributed by atoms with Gasteiger partial charge in [-0.3, -0.25) is 4.79 Å². The molecule has 1 fully saturated rings. The molecule has 1 aromatic heterocycles. The third-order valence-electron chi connectivity index (χ3n) is 5.42. The summed E-state index contributed by atoms with van der Waals surface area (Å²) in [6.45, 7) is 0. The number of hydrogen-bond donors (Lipinski definition) is 2. The molecule has 0 amide bonds. The number of nitrogens with one attached hydrogen (secondary N) is 1. The van der Waals surface area contributed by atoms with Gasteiger partial charge in [0.1, 0.15) is 11.5 Å². The van der Waals surface area contributed by atoms with Crippen LogP contribution in [0.2, 0.25) is 0 Å². The van der Waals surface area contributed by atoms with Crippen LogP contribution in [0.25, 0.3) is 22.2 Å². The Hall–Kier alpha value is -2.95. The van der Waals surface area contributed by atoms with E-state index in [1.807, 2.05) is 42.5 Å². The Labute approximate surface area is 164 Å². The fraction of sp³-hybridized carbons (Fsp3) is 0.348. The number of rotatable bonds is 6. The van der Waals surface area contributed by atoms with E-state index < -0.39 is 5.97 Å². The molecule has 1 aliphatic rings. The molecule has 2 aromatic carbocycles. The molecule has 0 unspecified atom stereocenters. The van der Waals surface area contributed by atoms with Crippen molar-refractivity contribution < 1.29 is 19.4 Å². The highest BCUT2D eigenvalue weighted by molar-refractivity contribution is 5.94. The van der Waals surface area contributed by atoms with E-state index in [-0.39, 0.29) is 12.5 Å². The van der Waals surface area contributed by atoms with E-state index in [4.69, 9.17) is 9.47 Å². The predicted molar refractivity (Wildman–Crippen MR) is 109 cm³/mol. The van der Waals surface area contributed by atoms with Gasteiger partial charge in [0.25, 0.3) is 0 Å². The summed E-state index contributed by atoms with van der Waals surface area (Å²) in [5, 5.41) is 10.4. The number of carbonyl (C=O) groups is 1. The summed E-state index contributed by atoms with van der Waals surface area (Å²) in [4.78, 5) is 14.9. The molecular formula is C23H25NO4. The van der Waals surface area contributed by atoms with E-state index in [0.29, 0.717) is 0 Å². The summed E-state index contributed by atoms with van der Waals surface area (Å²) < 4.78 is 11.5. The third-order valence-corrected chi connectivity index (χ3v) is 5.42. The normalized spacial score (nSPS) is 14.9. The zero-order valence-electron chi connectivity index (χ0n) is 16.0. The van der Waals surface area contributed by atoms with E-state index in [0.717, 1.165) is 52.1 Å². The standard InChI is InChI=1S/C23H25NO4/c1-27-17-9-5-6-15(12-17)23-20(14-22(25)26)19-13-18(10-11-21(19)24-23)28-16-7-3-2-4-8-16/h5-6,9-13,16,24H,2-4,7-8,14H2,1H3,(H,25,26). The molecule has 0 atom stereocenters. The highest BCUT2D eigenvalue weighted by atomic mass is 16.5. The number of carboxylic acid groups (broad SMARTS) is 1. The van der Waals surface area contributed by atoms with Gasteiger partial charge < -0.3 is 19.6 Å². The van der Waals surface area contributed by atoms with Gasteiger partial charge in [0.05, 0.1) is 25.3 Å². The minimum Gasteiger partial charge on any atom is -0.497 e. The molecule has 28 heavy (non-hydrogen) atoms. The molecule has 2 N–H and O–H groups in total. The number of aromatic amines is 1. The molecule has 0 aliphatic heterocycles. The molecule has 146 valence electrons. The van der Waals surface area contributed by atoms with Gasteiger partial charge in [0, 0.05) is 16.5 Å². The SMILES string of the molecule is COc1cccc(-c2[nH]c3ccc(OC4CCCCC4)cc3c2CC(=O)O)c1. The van der Waals surface area contributed by atoms with Crippen LogP contribution in [0.1, 0.15) is 37.7 Å². The van der Waals surface area contributed by atoms with Crippen molar-refractivity contribution in [1.82, 2.24) is 4.98 Å². The average molecular weight is 379 g/mol. The van der Waals surface area contributed by atoms with Gasteiger partial charge in [-0.2, -0.15) is 0 Å². The number of carboxylic acids is 1. The van der Waals surface area contributed by atoms with E-state index in [9.17, 15) is 9.90 Å². The lowest BCUT2D eigenvalue weighted by Gasteiger charge is -2.23. The quantitative estimate of drug-likeness (QED) is 0.619. The van der Waals surface area contributed by atoms with Crippen LogP contribution < -0.4 is 9.47 Å². The topological polar surface area (TPSA) is 71.5 Å². The van der Waals surface area contributed by atoms with E-state index in [1.54, 1.807) is 7.11 Å². The summed E-state index contributed by atoms with van der Waals surface area (Å²) in [7, 11) is 1.62. The fourth-order valence-electron chi connectivity index (χ4n) is 4.04. The van der Waals surface area contributed by atoms with Crippen molar-refractivity contribution in [3.05, 3.63) is 48.0 Å². The van der Waals surface area contributed by atoms with Gasteiger partial charge >= 0.3 is 5.97 Å². The second-order valence-corrected chi connectivity index (χ2v) is 7.37. The summed E-state index contributed by atoms with van der Waals surface area (Å²) in [5.74, 6) is 0.685. The summed E-state index contributed by atoms with van der Waals surface area (Å²) in [6, 6.07) is 13.6. The molecule has 0 radical (unpaired) electrons. The van der Waals surface area contributed by atoms with E-state index in [2.05, 4.69) is 4.98 Å². The Kier molecular flexibility index (Phi) is 5.24. The Morgan fingerprint density at radius 3 is 2.68 bits per heavy atom. The first-order chi connectivity index (χ1) is 13.6. The first-order valence-corrected chi connectivity index (χ1v) is 9.81. The molecular weight excluding hydrogens is 354 g/mol. The molecule has 3 aromatic rings. The molecule has 0 saturated heterocycles. The molecule has 5 heteroatoms. The molecule has 0 bridgehead atoms. The first kappa shape index (κ1) is 18.4. The number of hydrogen-bond acceptors (Lipinski definition) is 3. The summed E-state index contributed by atoms with van der Waals surface area (Å²) in [6.07, 6.45) is 6.07. The van der Waals surface area contributed by atoms with Crippen molar-refractivity contribution in [1.29, 1.82) is 0 Å². The van der Waals surface area contributed by atoms with Crippen molar-refractivity contribution in [2.45, 2.75) is 44.6 Å². The predicted octanol–water partition coefficient (Wildman–Crippen LogP) is 5.18. The maximum atomic E-state index is 11.5. The van der Waals surface area contributed by atoms with Gasteiger partial charge in [-0.15, -0.1) is 0 Å². The highest BCUT2D eigenvalue weighted by Crippen LogP contribution is 2.35. The van der Waals surface area contributed by atoms with Crippen LogP contribution in [0.5, 0.6) is 11.5 Å². The maximum Gasteiger partial charge on any atom is 0.307 e. The smallest absolute Gasteiger partial charge is 0.307 e. The number of methoxy groups -OCH3 is 1. The minimum atomic E-state index is -0.858. The molecule has 5 nitrogen and oxygen atoms in total. The monoisotopic (exact) mass is 379 g/mol. The van der Waals surface area contributed by atoms with E-state index >= 15 is 0 Å². The van der Waals surface area contributed by atoms with Crippen molar-refractivity contribution in [2.24, 2.45) is 0 Å². The molecule has 1 saturated carbocycles. The van der Waals surface area contributed by atoms with Crippen LogP contribution in [-0.2, 0) is 11.2 Å². The van der Waals surface area contributed by atoms with Crippen molar-refractivity contribution in [3.63, 3.8) is 0 Å². The largest absolute Gasteiger partial charge is 0.497 e. The van der Waals surface area contributed by atoms with Crippen molar-refractivity contribution in [3.8, 4) is 22.8 Å². The van der Waals surface area contributed by atoms with Gasteiger partial charge in [0.2, 0.25) is 0 Å². The molecule has 0 spiro atoms. The number of aliphatic carboxylic acids is 1. The zero-order chi connectivity index (χ0) is 19.5. The first-order valence-electron chi connectivity index (χ1n) is 9.81. The van der Waals surface area contributed by atoms with Crippen molar-refractivity contribution in [2.75, 3.05) is 7.11 Å². The van der Waals surface area contributed by atoms with Crippen LogP contribution in [0.3, 0.4) is 0 Å². The Morgan fingerprint density at radius 1 is 1.11 bits per heavy atom. The third kappa shape index (κ3) is 3.84. The number of ether oxygens (including phenoxy) is 2. The number of H-pyrrole nitrogens is 1. The Balaban J connectivity index is 1.75. The number of benzene rings is 2. The average Bonchev–Trinajstić information content (AvgIpc) is 3.06. The lowest BCUT2D eigenvalue weighted by atomic mass is 9.98. The summed E-state index contributed by atoms with van der Waals surface area (Å²) in [5.41, 5.74) is 3.39. The van der Waals surface area contributed by atoms with Crippen molar-refractivity contribution >= 4 is 16.9 Å². The van der Waals surface area contributed by atoms with Gasteiger partial charge in [-0.1, -0.05) is 18.6 Å². The second kappa shape index (κ2) is 7.97. The summed E-state index contributed by atoms with van der Waals surface area (Å²) >= 11 is 0. The minimum absolute atomic E-state index is 0.0561. The van der Waals surface area contributed by atoms with Crippen LogP contribution in [-0.4, -0.2) is 29.3 Å². The van der Waals surface area contributed by atoms with Gasteiger partial charge in [0.15, 0.2) is 0 Å². The lowest BCUT2D eigenvalue weighted by Crippen LogP contribution is -2.19. The second-order valence-electron chi connectivity index (χ2n) is 7.37. The van der Waals surface area contributed by atoms with Crippen LogP contribution in [0, 0.1) is 0 Å². The number of fused-ring (bicyclic) bond motifs is 1. The molecule has 1 heterocycles. The Morgan fingerprint density at radius 2 is 1.93 bits per heavy atom.